The molecule has 0 aliphatic carbocycles. The summed E-state index contributed by atoms with van der Waals surface area (Å²) in [4.78, 5) is 4.01. The molecule has 0 saturated heterocycles. The first-order valence-corrected chi connectivity index (χ1v) is 7.56. The van der Waals surface area contributed by atoms with Crippen LogP contribution in [0.5, 0.6) is 0 Å². The zero-order valence-electron chi connectivity index (χ0n) is 11.3. The Morgan fingerprint density at radius 2 is 1.80 bits per heavy atom. The van der Waals surface area contributed by atoms with E-state index in [1.54, 1.807) is 25.1 Å². The highest BCUT2D eigenvalue weighted by Crippen LogP contribution is 2.23. The van der Waals surface area contributed by atoms with Crippen molar-refractivity contribution in [2.45, 2.75) is 25.3 Å². The van der Waals surface area contributed by atoms with Crippen molar-refractivity contribution in [1.29, 1.82) is 0 Å². The van der Waals surface area contributed by atoms with E-state index in [0.29, 0.717) is 16.8 Å². The fourth-order valence-electron chi connectivity index (χ4n) is 1.96. The van der Waals surface area contributed by atoms with Crippen LogP contribution in [0.1, 0.15) is 16.7 Å². The zero-order valence-corrected chi connectivity index (χ0v) is 12.1. The summed E-state index contributed by atoms with van der Waals surface area (Å²) in [7, 11) is -3.68. The van der Waals surface area contributed by atoms with E-state index in [4.69, 9.17) is 0 Å². The largest absolute Gasteiger partial charge is 0.392 e. The van der Waals surface area contributed by atoms with E-state index in [0.717, 1.165) is 5.56 Å². The van der Waals surface area contributed by atoms with Gasteiger partial charge < -0.3 is 5.11 Å². The minimum absolute atomic E-state index is 0.170. The number of aliphatic hydroxyl groups excluding tert-OH is 1. The molecule has 0 atom stereocenters. The van der Waals surface area contributed by atoms with Crippen molar-refractivity contribution < 1.29 is 13.5 Å². The second-order valence-corrected chi connectivity index (χ2v) is 6.19. The van der Waals surface area contributed by atoms with Gasteiger partial charge in [0.15, 0.2) is 0 Å². The summed E-state index contributed by atoms with van der Waals surface area (Å²) in [5, 5.41) is 9.27. The molecule has 1 aromatic carbocycles. The van der Waals surface area contributed by atoms with Crippen molar-refractivity contribution in [3.63, 3.8) is 0 Å². The van der Waals surface area contributed by atoms with Crippen molar-refractivity contribution in [2.75, 3.05) is 4.72 Å². The molecule has 20 heavy (non-hydrogen) atoms. The van der Waals surface area contributed by atoms with Crippen LogP contribution in [-0.2, 0) is 16.6 Å². The van der Waals surface area contributed by atoms with Crippen LogP contribution in [0.3, 0.4) is 0 Å². The van der Waals surface area contributed by atoms with Crippen LogP contribution in [0.15, 0.2) is 41.6 Å². The third-order valence-electron chi connectivity index (χ3n) is 3.03. The zero-order chi connectivity index (χ0) is 14.8. The standard InChI is InChI=1S/C14H16N2O3S/c1-10-7-11(2)14(8-12(10)9-17)20(18,19)16-13-3-5-15-6-4-13/h3-8,17H,9H2,1-2H3,(H,15,16). The first kappa shape index (κ1) is 14.5. The molecule has 2 rings (SSSR count). The molecule has 106 valence electrons. The van der Waals surface area contributed by atoms with Gasteiger partial charge >= 0.3 is 0 Å². The highest BCUT2D eigenvalue weighted by Gasteiger charge is 2.18. The fourth-order valence-corrected chi connectivity index (χ4v) is 3.30. The summed E-state index contributed by atoms with van der Waals surface area (Å²) in [5.74, 6) is 0. The van der Waals surface area contributed by atoms with Gasteiger partial charge in [-0.2, -0.15) is 0 Å². The molecule has 0 aliphatic heterocycles. The number of aromatic nitrogens is 1. The number of rotatable bonds is 4. The van der Waals surface area contributed by atoms with Crippen molar-refractivity contribution in [2.24, 2.45) is 0 Å². The maximum atomic E-state index is 12.4. The monoisotopic (exact) mass is 292 g/mol. The maximum Gasteiger partial charge on any atom is 0.262 e. The SMILES string of the molecule is Cc1cc(C)c(S(=O)(=O)Nc2ccncc2)cc1CO. The lowest BCUT2D eigenvalue weighted by Crippen LogP contribution is -2.15. The van der Waals surface area contributed by atoms with Crippen molar-refractivity contribution in [1.82, 2.24) is 4.98 Å². The molecule has 0 radical (unpaired) electrons. The van der Waals surface area contributed by atoms with Gasteiger partial charge in [-0.15, -0.1) is 0 Å². The predicted molar refractivity (Wildman–Crippen MR) is 76.9 cm³/mol. The molecule has 5 nitrogen and oxygen atoms in total. The first-order chi connectivity index (χ1) is 9.44. The second-order valence-electron chi connectivity index (χ2n) is 4.54. The number of hydrogen-bond acceptors (Lipinski definition) is 4. The number of hydrogen-bond donors (Lipinski definition) is 2. The third kappa shape index (κ3) is 2.97. The van der Waals surface area contributed by atoms with Crippen molar-refractivity contribution in [3.8, 4) is 0 Å². The van der Waals surface area contributed by atoms with Crippen molar-refractivity contribution >= 4 is 15.7 Å². The van der Waals surface area contributed by atoms with E-state index in [1.807, 2.05) is 6.92 Å². The maximum absolute atomic E-state index is 12.4. The van der Waals surface area contributed by atoms with E-state index in [-0.39, 0.29) is 11.5 Å². The van der Waals surface area contributed by atoms with Gasteiger partial charge in [-0.25, -0.2) is 8.42 Å². The summed E-state index contributed by atoms with van der Waals surface area (Å²) < 4.78 is 27.3. The van der Waals surface area contributed by atoms with Gasteiger partial charge in [-0.05, 0) is 48.7 Å². The Kier molecular flexibility index (Phi) is 4.06. The molecule has 0 unspecified atom stereocenters. The highest BCUT2D eigenvalue weighted by atomic mass is 32.2. The lowest BCUT2D eigenvalue weighted by Gasteiger charge is -2.13. The van der Waals surface area contributed by atoms with Gasteiger partial charge in [0.1, 0.15) is 0 Å². The topological polar surface area (TPSA) is 79.3 Å². The molecule has 1 aromatic heterocycles. The summed E-state index contributed by atoms with van der Waals surface area (Å²) >= 11 is 0. The van der Waals surface area contributed by atoms with E-state index >= 15 is 0 Å². The molecule has 0 aliphatic rings. The Morgan fingerprint density at radius 1 is 1.15 bits per heavy atom. The van der Waals surface area contributed by atoms with Gasteiger partial charge in [-0.1, -0.05) is 6.07 Å². The molecule has 2 aromatic rings. The molecule has 6 heteroatoms. The molecule has 0 amide bonds. The summed E-state index contributed by atoms with van der Waals surface area (Å²) in [6, 6.07) is 6.42. The Morgan fingerprint density at radius 3 is 2.40 bits per heavy atom. The Bertz CT molecular complexity index is 713. The third-order valence-corrected chi connectivity index (χ3v) is 4.55. The van der Waals surface area contributed by atoms with E-state index in [9.17, 15) is 13.5 Å². The average molecular weight is 292 g/mol. The van der Waals surface area contributed by atoms with E-state index in [2.05, 4.69) is 9.71 Å². The van der Waals surface area contributed by atoms with Gasteiger partial charge in [0, 0.05) is 12.4 Å². The lowest BCUT2D eigenvalue weighted by atomic mass is 10.1. The van der Waals surface area contributed by atoms with E-state index in [1.165, 1.54) is 18.5 Å². The summed E-state index contributed by atoms with van der Waals surface area (Å²) in [6.45, 7) is 3.38. The van der Waals surface area contributed by atoms with Gasteiger partial charge in [0.05, 0.1) is 17.2 Å². The summed E-state index contributed by atoms with van der Waals surface area (Å²) in [5.41, 5.74) is 2.56. The average Bonchev–Trinajstić information content (AvgIpc) is 2.39. The number of aliphatic hydroxyl groups is 1. The minimum atomic E-state index is -3.68. The molecule has 2 N–H and O–H groups in total. The van der Waals surface area contributed by atoms with Gasteiger partial charge in [0.25, 0.3) is 10.0 Å². The molecule has 0 fully saturated rings. The number of aryl methyl sites for hydroxylation is 2. The number of benzene rings is 1. The fraction of sp³-hybridized carbons (Fsp3) is 0.214. The molecule has 0 spiro atoms. The smallest absolute Gasteiger partial charge is 0.262 e. The Labute approximate surface area is 118 Å². The number of nitrogens with one attached hydrogen (secondary N) is 1. The van der Waals surface area contributed by atoms with Gasteiger partial charge in [-0.3, -0.25) is 9.71 Å². The van der Waals surface area contributed by atoms with E-state index < -0.39 is 10.0 Å². The quantitative estimate of drug-likeness (QED) is 0.903. The molecule has 1 heterocycles. The number of anilines is 1. The van der Waals surface area contributed by atoms with Crippen molar-refractivity contribution in [3.05, 3.63) is 53.3 Å². The van der Waals surface area contributed by atoms with Crippen LogP contribution >= 0.6 is 0 Å². The normalized spacial score (nSPS) is 11.3. The minimum Gasteiger partial charge on any atom is -0.392 e. The molecule has 0 saturated carbocycles. The Balaban J connectivity index is 2.44. The first-order valence-electron chi connectivity index (χ1n) is 6.08. The number of sulfonamides is 1. The number of pyridine rings is 1. The van der Waals surface area contributed by atoms with Gasteiger partial charge in [0.2, 0.25) is 0 Å². The Hall–Kier alpha value is -1.92. The highest BCUT2D eigenvalue weighted by molar-refractivity contribution is 7.92. The van der Waals surface area contributed by atoms with Crippen LogP contribution in [-0.4, -0.2) is 18.5 Å². The van der Waals surface area contributed by atoms with Crippen LogP contribution in [0.25, 0.3) is 0 Å². The van der Waals surface area contributed by atoms with Crippen LogP contribution in [0, 0.1) is 13.8 Å². The second kappa shape index (κ2) is 5.60. The summed E-state index contributed by atoms with van der Waals surface area (Å²) in [6.07, 6.45) is 3.03. The molecular formula is C14H16N2O3S. The number of nitrogens with zero attached hydrogens (tertiary/aromatic N) is 1. The van der Waals surface area contributed by atoms with Crippen LogP contribution < -0.4 is 4.72 Å². The van der Waals surface area contributed by atoms with Crippen LogP contribution in [0.2, 0.25) is 0 Å². The predicted octanol–water partition coefficient (Wildman–Crippen LogP) is 1.99. The molecular weight excluding hydrogens is 276 g/mol. The molecule has 0 bridgehead atoms. The lowest BCUT2D eigenvalue weighted by molar-refractivity contribution is 0.280. The van der Waals surface area contributed by atoms with Crippen LogP contribution in [0.4, 0.5) is 5.69 Å².